The van der Waals surface area contributed by atoms with Crippen LogP contribution < -0.4 is 5.32 Å². The number of carbonyl (C=O) groups excluding carboxylic acids is 1. The third-order valence-corrected chi connectivity index (χ3v) is 4.57. The molecule has 0 aromatic carbocycles. The maximum Gasteiger partial charge on any atom is 0.224 e. The number of rotatable bonds is 4. The van der Waals surface area contributed by atoms with E-state index in [1.54, 1.807) is 31.7 Å². The number of anilines is 1. The Morgan fingerprint density at radius 3 is 2.93 bits per heavy atom. The van der Waals surface area contributed by atoms with Crippen LogP contribution in [0.15, 0.2) is 49.1 Å². The van der Waals surface area contributed by atoms with Crippen molar-refractivity contribution in [1.29, 1.82) is 0 Å². The van der Waals surface area contributed by atoms with Crippen LogP contribution in [0.2, 0.25) is 0 Å². The maximum atomic E-state index is 11.7. The van der Waals surface area contributed by atoms with Gasteiger partial charge in [0.1, 0.15) is 5.69 Å². The van der Waals surface area contributed by atoms with Crippen LogP contribution in [0.5, 0.6) is 0 Å². The Morgan fingerprint density at radius 1 is 1.14 bits per heavy atom. The van der Waals surface area contributed by atoms with Crippen molar-refractivity contribution in [2.24, 2.45) is 0 Å². The highest BCUT2D eigenvalue weighted by Crippen LogP contribution is 2.29. The van der Waals surface area contributed by atoms with E-state index in [9.17, 15) is 4.79 Å². The van der Waals surface area contributed by atoms with E-state index < -0.39 is 0 Å². The summed E-state index contributed by atoms with van der Waals surface area (Å²) in [5.41, 5.74) is 5.10. The van der Waals surface area contributed by atoms with Crippen molar-refractivity contribution < 1.29 is 4.79 Å². The molecule has 0 atom stereocenters. The molecule has 9 heteroatoms. The molecule has 5 heterocycles. The van der Waals surface area contributed by atoms with Crippen LogP contribution in [0, 0.1) is 0 Å². The van der Waals surface area contributed by atoms with Crippen molar-refractivity contribution in [3.05, 3.63) is 49.1 Å². The molecule has 0 aliphatic rings. The summed E-state index contributed by atoms with van der Waals surface area (Å²) in [6.07, 6.45) is 7.15. The van der Waals surface area contributed by atoms with Crippen LogP contribution in [-0.2, 0) is 4.79 Å². The zero-order valence-electron chi connectivity index (χ0n) is 15.5. The maximum absolute atomic E-state index is 11.7. The number of H-pyrrole nitrogens is 2. The van der Waals surface area contributed by atoms with E-state index in [4.69, 9.17) is 0 Å². The number of amides is 1. The molecule has 1 amide bonds. The van der Waals surface area contributed by atoms with Gasteiger partial charge in [-0.2, -0.15) is 5.10 Å². The smallest absolute Gasteiger partial charge is 0.224 e. The number of hydrogen-bond donors (Lipinski definition) is 3. The molecule has 142 valence electrons. The van der Waals surface area contributed by atoms with Crippen molar-refractivity contribution >= 4 is 33.7 Å². The lowest BCUT2D eigenvalue weighted by Crippen LogP contribution is -2.09. The summed E-state index contributed by atoms with van der Waals surface area (Å²) in [5.74, 6) is 0.562. The molecule has 0 aliphatic heterocycles. The molecule has 5 aromatic rings. The second-order valence-corrected chi connectivity index (χ2v) is 6.51. The minimum atomic E-state index is -0.0667. The number of imidazole rings is 1. The van der Waals surface area contributed by atoms with Gasteiger partial charge in [0.15, 0.2) is 11.5 Å². The van der Waals surface area contributed by atoms with Crippen LogP contribution >= 0.6 is 0 Å². The number of hydrogen-bond acceptors (Lipinski definition) is 6. The van der Waals surface area contributed by atoms with Gasteiger partial charge in [-0.25, -0.2) is 9.97 Å². The van der Waals surface area contributed by atoms with Crippen LogP contribution in [0.1, 0.15) is 13.3 Å². The third-order valence-electron chi connectivity index (χ3n) is 4.57. The first-order chi connectivity index (χ1) is 14.2. The van der Waals surface area contributed by atoms with E-state index in [0.29, 0.717) is 29.3 Å². The molecule has 0 saturated heterocycles. The van der Waals surface area contributed by atoms with E-state index in [1.165, 1.54) is 0 Å². The summed E-state index contributed by atoms with van der Waals surface area (Å²) >= 11 is 0. The molecule has 0 aliphatic carbocycles. The first-order valence-electron chi connectivity index (χ1n) is 9.12. The Kier molecular flexibility index (Phi) is 3.98. The average molecular weight is 384 g/mol. The molecule has 5 rings (SSSR count). The lowest BCUT2D eigenvalue weighted by atomic mass is 10.1. The van der Waals surface area contributed by atoms with Crippen LogP contribution in [0.4, 0.5) is 5.69 Å². The molecule has 5 aromatic heterocycles. The van der Waals surface area contributed by atoms with Gasteiger partial charge in [-0.15, -0.1) is 0 Å². The first kappa shape index (κ1) is 17.0. The minimum absolute atomic E-state index is 0.0667. The molecular formula is C20H16N8O. The highest BCUT2D eigenvalue weighted by molar-refractivity contribution is 5.95. The molecule has 0 fully saturated rings. The van der Waals surface area contributed by atoms with E-state index >= 15 is 0 Å². The summed E-state index contributed by atoms with van der Waals surface area (Å²) in [6.45, 7) is 1.80. The van der Waals surface area contributed by atoms with Gasteiger partial charge in [0, 0.05) is 29.8 Å². The molecule has 29 heavy (non-hydrogen) atoms. The van der Waals surface area contributed by atoms with E-state index in [-0.39, 0.29) is 5.91 Å². The fourth-order valence-corrected chi connectivity index (χ4v) is 3.11. The van der Waals surface area contributed by atoms with Gasteiger partial charge in [0.25, 0.3) is 0 Å². The largest absolute Gasteiger partial charge is 0.335 e. The van der Waals surface area contributed by atoms with Crippen molar-refractivity contribution in [2.45, 2.75) is 13.3 Å². The van der Waals surface area contributed by atoms with Crippen LogP contribution in [-0.4, -0.2) is 41.0 Å². The summed E-state index contributed by atoms with van der Waals surface area (Å²) in [4.78, 5) is 32.4. The fraction of sp³-hybridized carbons (Fsp3) is 0.100. The van der Waals surface area contributed by atoms with Gasteiger partial charge in [0.2, 0.25) is 5.91 Å². The molecule has 0 radical (unpaired) electrons. The molecular weight excluding hydrogens is 368 g/mol. The highest BCUT2D eigenvalue weighted by atomic mass is 16.1. The van der Waals surface area contributed by atoms with E-state index in [2.05, 4.69) is 40.4 Å². The number of nitrogens with one attached hydrogen (secondary N) is 3. The number of nitrogens with zero attached hydrogens (tertiary/aromatic N) is 5. The van der Waals surface area contributed by atoms with Crippen molar-refractivity contribution in [2.75, 3.05) is 5.32 Å². The summed E-state index contributed by atoms with van der Waals surface area (Å²) in [7, 11) is 0. The lowest BCUT2D eigenvalue weighted by molar-refractivity contribution is -0.115. The summed E-state index contributed by atoms with van der Waals surface area (Å²) in [5, 5.41) is 11.1. The predicted octanol–water partition coefficient (Wildman–Crippen LogP) is 3.31. The zero-order chi connectivity index (χ0) is 19.8. The summed E-state index contributed by atoms with van der Waals surface area (Å²) in [6, 6.07) is 7.55. The van der Waals surface area contributed by atoms with E-state index in [0.717, 1.165) is 27.7 Å². The molecule has 3 N–H and O–H groups in total. The van der Waals surface area contributed by atoms with Crippen molar-refractivity contribution in [3.8, 4) is 22.8 Å². The van der Waals surface area contributed by atoms with Gasteiger partial charge >= 0.3 is 0 Å². The third kappa shape index (κ3) is 3.08. The zero-order valence-corrected chi connectivity index (χ0v) is 15.5. The summed E-state index contributed by atoms with van der Waals surface area (Å²) < 4.78 is 0. The van der Waals surface area contributed by atoms with Crippen molar-refractivity contribution in [1.82, 2.24) is 35.1 Å². The Morgan fingerprint density at radius 2 is 2.07 bits per heavy atom. The average Bonchev–Trinajstić information content (AvgIpc) is 3.37. The number of aromatic nitrogens is 7. The Hall–Kier alpha value is -4.14. The van der Waals surface area contributed by atoms with Gasteiger partial charge in [-0.3, -0.25) is 19.9 Å². The second kappa shape index (κ2) is 6.79. The fourth-order valence-electron chi connectivity index (χ4n) is 3.11. The van der Waals surface area contributed by atoms with Gasteiger partial charge in [0.05, 0.1) is 34.8 Å². The van der Waals surface area contributed by atoms with E-state index in [1.807, 2.05) is 24.3 Å². The Balaban J connectivity index is 1.58. The molecule has 0 saturated carbocycles. The monoisotopic (exact) mass is 384 g/mol. The lowest BCUT2D eigenvalue weighted by Gasteiger charge is -2.06. The van der Waals surface area contributed by atoms with Gasteiger partial charge in [-0.1, -0.05) is 6.92 Å². The molecule has 9 nitrogen and oxygen atoms in total. The number of fused-ring (bicyclic) bond motifs is 2. The topological polar surface area (TPSA) is 125 Å². The Labute approximate surface area is 164 Å². The quantitative estimate of drug-likeness (QED) is 0.436. The second-order valence-electron chi connectivity index (χ2n) is 6.51. The van der Waals surface area contributed by atoms with Crippen LogP contribution in [0.25, 0.3) is 44.8 Å². The SMILES string of the molecule is CCC(=O)Nc1cncc(-c2cc3c(-c4nc5ncccc5[nH]4)n[nH]c3cn2)c1. The van der Waals surface area contributed by atoms with Crippen LogP contribution in [0.3, 0.4) is 0 Å². The number of aromatic amines is 2. The first-order valence-corrected chi connectivity index (χ1v) is 9.12. The van der Waals surface area contributed by atoms with Gasteiger partial charge < -0.3 is 10.3 Å². The Bertz CT molecular complexity index is 1320. The standard InChI is InChI=1S/C20H16N8O/c1-2-17(29)24-12-6-11(8-21-9-12)15-7-13-16(10-23-15)27-28-18(13)20-25-14-4-3-5-22-19(14)26-20/h3-10H,2H2,1H3,(H,24,29)(H,27,28)(H,22,25,26). The molecule has 0 bridgehead atoms. The molecule has 0 unspecified atom stereocenters. The van der Waals surface area contributed by atoms with Crippen molar-refractivity contribution in [3.63, 3.8) is 0 Å². The minimum Gasteiger partial charge on any atom is -0.335 e. The number of pyridine rings is 3. The molecule has 0 spiro atoms. The number of carbonyl (C=O) groups is 1. The predicted molar refractivity (Wildman–Crippen MR) is 109 cm³/mol. The van der Waals surface area contributed by atoms with Gasteiger partial charge in [-0.05, 0) is 24.3 Å². The highest BCUT2D eigenvalue weighted by Gasteiger charge is 2.15. The normalized spacial score (nSPS) is 11.2.